The molecule has 12 nitrogen and oxygen atoms in total. The van der Waals surface area contributed by atoms with E-state index in [9.17, 15) is 35.6 Å². The summed E-state index contributed by atoms with van der Waals surface area (Å²) in [5.41, 5.74) is -0.303. The highest BCUT2D eigenvalue weighted by Gasteiger charge is 2.60. The van der Waals surface area contributed by atoms with Gasteiger partial charge in [-0.1, -0.05) is 29.8 Å². The molecule has 3 aliphatic rings. The number of carbonyl (C=O) groups is 2. The zero-order valence-corrected chi connectivity index (χ0v) is 30.8. The predicted octanol–water partition coefficient (Wildman–Crippen LogP) is 6.43. The Labute approximate surface area is 319 Å². The number of carbonyl (C=O) groups excluding carboxylic acids is 2. The molecule has 0 saturated heterocycles. The van der Waals surface area contributed by atoms with Gasteiger partial charge < -0.3 is 10.6 Å². The minimum atomic E-state index is -3.84. The molecule has 8 rings (SSSR count). The van der Waals surface area contributed by atoms with E-state index >= 15 is 8.78 Å². The topological polar surface area (TPSA) is 153 Å². The fourth-order valence-corrected chi connectivity index (χ4v) is 8.49. The zero-order chi connectivity index (χ0) is 40.0. The van der Waals surface area contributed by atoms with Crippen molar-refractivity contribution in [3.05, 3.63) is 99.1 Å². The highest BCUT2D eigenvalue weighted by molar-refractivity contribution is 7.92. The molecule has 0 radical (unpaired) electrons. The van der Waals surface area contributed by atoms with Crippen molar-refractivity contribution in [2.45, 2.75) is 50.1 Å². The first-order chi connectivity index (χ1) is 26.4. The van der Waals surface area contributed by atoms with Gasteiger partial charge in [-0.15, -0.1) is 0 Å². The van der Waals surface area contributed by atoms with Crippen molar-refractivity contribution < 1.29 is 44.3 Å². The summed E-state index contributed by atoms with van der Waals surface area (Å²) in [4.78, 5) is 31.3. The number of hydrogen-bond acceptors (Lipinski definition) is 7. The quantitative estimate of drug-likeness (QED) is 0.109. The molecule has 1 aliphatic heterocycles. The van der Waals surface area contributed by atoms with Crippen LogP contribution in [0.5, 0.6) is 0 Å². The number of pyridine rings is 1. The lowest BCUT2D eigenvalue weighted by Gasteiger charge is -2.28. The van der Waals surface area contributed by atoms with Gasteiger partial charge in [-0.25, -0.2) is 26.0 Å². The molecular formula is C36H29ClF6N8O4S. The molecule has 5 aromatic rings. The molecule has 0 spiro atoms. The highest BCUT2D eigenvalue weighted by Crippen LogP contribution is 2.60. The first kappa shape index (κ1) is 37.5. The molecule has 3 N–H and O–H groups in total. The Hall–Kier alpha value is -5.43. The molecule has 0 fully saturated rings. The van der Waals surface area contributed by atoms with E-state index in [0.29, 0.717) is 27.7 Å². The third-order valence-electron chi connectivity index (χ3n) is 10.0. The molecule has 2 amide bonds. The second-order valence-corrected chi connectivity index (χ2v) is 16.1. The van der Waals surface area contributed by atoms with E-state index in [1.165, 1.54) is 29.9 Å². The monoisotopic (exact) mass is 818 g/mol. The van der Waals surface area contributed by atoms with Gasteiger partial charge in [0, 0.05) is 48.6 Å². The molecule has 0 bridgehead atoms. The van der Waals surface area contributed by atoms with Gasteiger partial charge in [0.2, 0.25) is 21.8 Å². The lowest BCUT2D eigenvalue weighted by molar-refractivity contribution is -0.123. The Morgan fingerprint density at radius 1 is 1.05 bits per heavy atom. The maximum Gasteiger partial charge on any atom is 0.296 e. The Morgan fingerprint density at radius 2 is 1.79 bits per heavy atom. The molecule has 56 heavy (non-hydrogen) atoms. The molecule has 3 atom stereocenters. The molecule has 0 unspecified atom stereocenters. The highest BCUT2D eigenvalue weighted by atomic mass is 35.5. The Balaban J connectivity index is 1.28. The third kappa shape index (κ3) is 6.45. The van der Waals surface area contributed by atoms with Crippen molar-refractivity contribution in [1.82, 2.24) is 29.9 Å². The number of allylic oxidation sites excluding steroid dienone is 2. The van der Waals surface area contributed by atoms with Crippen molar-refractivity contribution in [3.63, 3.8) is 0 Å². The zero-order valence-electron chi connectivity index (χ0n) is 29.2. The van der Waals surface area contributed by atoms with Crippen molar-refractivity contribution in [3.8, 4) is 11.1 Å². The molecule has 0 saturated carbocycles. The first-order valence-electron chi connectivity index (χ1n) is 17.1. The van der Waals surface area contributed by atoms with Crippen LogP contribution in [0.25, 0.3) is 22.0 Å². The van der Waals surface area contributed by atoms with Crippen LogP contribution in [-0.2, 0) is 52.0 Å². The van der Waals surface area contributed by atoms with Gasteiger partial charge >= 0.3 is 0 Å². The summed E-state index contributed by atoms with van der Waals surface area (Å²) in [5.74, 6) is -9.19. The fraction of sp³-hybridized carbons (Fsp3) is 0.306. The maximum absolute atomic E-state index is 15.6. The van der Waals surface area contributed by atoms with Crippen LogP contribution in [0.2, 0.25) is 5.02 Å². The van der Waals surface area contributed by atoms with E-state index in [2.05, 4.69) is 25.6 Å². The summed E-state index contributed by atoms with van der Waals surface area (Å²) in [6.45, 7) is -0.929. The van der Waals surface area contributed by atoms with E-state index in [1.54, 1.807) is 12.1 Å². The average molecular weight is 819 g/mol. The van der Waals surface area contributed by atoms with Crippen molar-refractivity contribution in [2.75, 3.05) is 16.3 Å². The van der Waals surface area contributed by atoms with Gasteiger partial charge in [0.1, 0.15) is 29.6 Å². The molecule has 20 heteroatoms. The van der Waals surface area contributed by atoms with Crippen LogP contribution in [0, 0.1) is 17.6 Å². The van der Waals surface area contributed by atoms with E-state index in [4.69, 9.17) is 16.6 Å². The van der Waals surface area contributed by atoms with Crippen LogP contribution < -0.4 is 15.4 Å². The molecule has 292 valence electrons. The minimum Gasteiger partial charge on any atom is -0.346 e. The van der Waals surface area contributed by atoms with Crippen LogP contribution in [0.1, 0.15) is 58.7 Å². The standard InChI is InChI=1S/C36H29ClF6N8O4S/c1-50-32-18(4-6-22(37)29(32)35(48-50)49-56(2,54)55)20-13-24-23(7-8-26(52)44-24)46-30(20)25(11-15-9-16(38)12-17(39)10-15)45-27(53)14-51-33-28(31(47-51)34(40)41)19-3-5-21(19)36(33,42)43/h3-6,9-10,12-13,19,21,25,34H,7-8,11,14H2,1-2H3,(H,44,52)(H,45,53)(H,48,49)/t19-,21+,25-/m0/s1. The number of amides is 2. The number of rotatable bonds is 10. The summed E-state index contributed by atoms with van der Waals surface area (Å²) in [6.07, 6.45) is 0.231. The average Bonchev–Trinajstić information content (AvgIpc) is 3.64. The number of nitrogens with one attached hydrogen (secondary N) is 3. The van der Waals surface area contributed by atoms with Crippen LogP contribution in [-0.4, -0.2) is 51.0 Å². The summed E-state index contributed by atoms with van der Waals surface area (Å²) >= 11 is 6.59. The van der Waals surface area contributed by atoms with E-state index in [0.717, 1.165) is 18.4 Å². The van der Waals surface area contributed by atoms with Gasteiger partial charge in [-0.3, -0.25) is 28.7 Å². The summed E-state index contributed by atoms with van der Waals surface area (Å²) in [7, 11) is -2.32. The Bertz CT molecular complexity index is 2630. The summed E-state index contributed by atoms with van der Waals surface area (Å²) in [6, 6.07) is 6.03. The number of alkyl halides is 4. The number of halogens is 7. The normalized spacial score (nSPS) is 18.6. The number of benzene rings is 2. The second-order valence-electron chi connectivity index (χ2n) is 13.9. The molecule has 3 aromatic heterocycles. The maximum atomic E-state index is 15.6. The Kier molecular flexibility index (Phi) is 8.94. The smallest absolute Gasteiger partial charge is 0.296 e. The molecule has 4 heterocycles. The van der Waals surface area contributed by atoms with Crippen LogP contribution in [0.15, 0.2) is 48.6 Å². The largest absolute Gasteiger partial charge is 0.346 e. The predicted molar refractivity (Wildman–Crippen MR) is 192 cm³/mol. The lowest BCUT2D eigenvalue weighted by Crippen LogP contribution is -2.36. The SMILES string of the molecule is Cn1nc(NS(C)(=O)=O)c2c(Cl)ccc(-c3cc4c(nc3[C@H](Cc3cc(F)cc(F)c3)NC(=O)Cn3nc(C(F)F)c5c3C(F)(F)[C@@H]3C=C[C@H]53)CCC(=O)N4)c21. The number of fused-ring (bicyclic) bond motifs is 5. The molecule has 2 aliphatic carbocycles. The third-order valence-corrected chi connectivity index (χ3v) is 10.9. The Morgan fingerprint density at radius 3 is 2.45 bits per heavy atom. The lowest BCUT2D eigenvalue weighted by atomic mass is 9.81. The number of nitrogens with zero attached hydrogens (tertiary/aromatic N) is 5. The molecular weight excluding hydrogens is 790 g/mol. The fourth-order valence-electron chi connectivity index (χ4n) is 7.75. The first-order valence-corrected chi connectivity index (χ1v) is 19.3. The van der Waals surface area contributed by atoms with Crippen LogP contribution in [0.4, 0.5) is 37.8 Å². The van der Waals surface area contributed by atoms with Crippen LogP contribution >= 0.6 is 11.6 Å². The number of hydrogen-bond donors (Lipinski definition) is 3. The number of sulfonamides is 1. The van der Waals surface area contributed by atoms with Gasteiger partial charge in [-0.2, -0.15) is 19.0 Å². The van der Waals surface area contributed by atoms with E-state index in [-0.39, 0.29) is 69.3 Å². The van der Waals surface area contributed by atoms with Crippen molar-refractivity contribution >= 4 is 55.8 Å². The number of aryl methyl sites for hydroxylation is 2. The minimum absolute atomic E-state index is 0.0559. The summed E-state index contributed by atoms with van der Waals surface area (Å²) in [5, 5.41) is 13.8. The van der Waals surface area contributed by atoms with Crippen LogP contribution in [0.3, 0.4) is 0 Å². The number of aromatic nitrogens is 5. The van der Waals surface area contributed by atoms with Crippen molar-refractivity contribution in [1.29, 1.82) is 0 Å². The van der Waals surface area contributed by atoms with Gasteiger partial charge in [0.25, 0.3) is 12.3 Å². The number of anilines is 2. The van der Waals surface area contributed by atoms with E-state index < -0.39 is 75.7 Å². The van der Waals surface area contributed by atoms with Crippen molar-refractivity contribution in [2.24, 2.45) is 13.0 Å². The van der Waals surface area contributed by atoms with Gasteiger partial charge in [0.15, 0.2) is 5.82 Å². The molecule has 2 aromatic carbocycles. The second kappa shape index (κ2) is 13.4. The van der Waals surface area contributed by atoms with Gasteiger partial charge in [0.05, 0.1) is 51.2 Å². The van der Waals surface area contributed by atoms with Gasteiger partial charge in [-0.05, 0) is 36.2 Å². The van der Waals surface area contributed by atoms with E-state index in [1.807, 2.05) is 0 Å². The summed E-state index contributed by atoms with van der Waals surface area (Å²) < 4.78 is 117.